The molecule has 1 aliphatic rings. The molecule has 1 aromatic carbocycles. The van der Waals surface area contributed by atoms with Gasteiger partial charge < -0.3 is 4.90 Å². The van der Waals surface area contributed by atoms with Crippen LogP contribution in [0.15, 0.2) is 42.5 Å². The molecular formula is C14H17NO. The lowest BCUT2D eigenvalue weighted by Gasteiger charge is -2.28. The third kappa shape index (κ3) is 2.32. The normalized spacial score (nSPS) is 18.3. The number of hydrogen-bond acceptors (Lipinski definition) is 1. The molecule has 0 saturated carbocycles. The average Bonchev–Trinajstić information content (AvgIpc) is 2.54. The van der Waals surface area contributed by atoms with Crippen LogP contribution in [0.1, 0.15) is 31.4 Å². The standard InChI is InChI=1S/C14H17NO/c1-12(13-8-4-2-5-9-13)15-11-7-3-6-10-14(15)16/h2-6,8-9,12H,7,10-11H2,1H3/t12-/m1/s1. The van der Waals surface area contributed by atoms with E-state index in [2.05, 4.69) is 25.1 Å². The first-order valence-electron chi connectivity index (χ1n) is 5.78. The largest absolute Gasteiger partial charge is 0.335 e. The summed E-state index contributed by atoms with van der Waals surface area (Å²) in [6.45, 7) is 2.92. The minimum absolute atomic E-state index is 0.175. The van der Waals surface area contributed by atoms with Crippen LogP contribution in [0.4, 0.5) is 0 Å². The average molecular weight is 215 g/mol. The fourth-order valence-electron chi connectivity index (χ4n) is 2.08. The van der Waals surface area contributed by atoms with Gasteiger partial charge in [-0.15, -0.1) is 0 Å². The van der Waals surface area contributed by atoms with E-state index in [4.69, 9.17) is 0 Å². The first kappa shape index (κ1) is 10.9. The molecule has 0 N–H and O–H groups in total. The van der Waals surface area contributed by atoms with Gasteiger partial charge in [-0.25, -0.2) is 0 Å². The molecule has 84 valence electrons. The molecule has 2 heteroatoms. The van der Waals surface area contributed by atoms with Gasteiger partial charge in [0.15, 0.2) is 0 Å². The predicted octanol–water partition coefficient (Wildman–Crippen LogP) is 2.93. The molecule has 1 heterocycles. The first-order valence-corrected chi connectivity index (χ1v) is 5.78. The molecule has 0 spiro atoms. The number of rotatable bonds is 2. The Labute approximate surface area is 96.6 Å². The fraction of sp³-hybridized carbons (Fsp3) is 0.357. The number of benzene rings is 1. The van der Waals surface area contributed by atoms with Gasteiger partial charge in [0.1, 0.15) is 0 Å². The summed E-state index contributed by atoms with van der Waals surface area (Å²) < 4.78 is 0. The lowest BCUT2D eigenvalue weighted by Crippen LogP contribution is -2.33. The van der Waals surface area contributed by atoms with Crippen molar-refractivity contribution in [2.24, 2.45) is 0 Å². The molecule has 1 atom stereocenters. The van der Waals surface area contributed by atoms with E-state index >= 15 is 0 Å². The Hall–Kier alpha value is -1.57. The molecule has 0 aromatic heterocycles. The van der Waals surface area contributed by atoms with Crippen LogP contribution in [0.2, 0.25) is 0 Å². The van der Waals surface area contributed by atoms with Crippen LogP contribution in [0.3, 0.4) is 0 Å². The van der Waals surface area contributed by atoms with E-state index in [0.717, 1.165) is 13.0 Å². The van der Waals surface area contributed by atoms with E-state index < -0.39 is 0 Å². The third-order valence-corrected chi connectivity index (χ3v) is 3.07. The van der Waals surface area contributed by atoms with Crippen LogP contribution >= 0.6 is 0 Å². The van der Waals surface area contributed by atoms with Crippen LogP contribution in [0.25, 0.3) is 0 Å². The molecule has 0 radical (unpaired) electrons. The highest BCUT2D eigenvalue weighted by Crippen LogP contribution is 2.22. The van der Waals surface area contributed by atoms with Crippen LogP contribution in [-0.2, 0) is 4.79 Å². The van der Waals surface area contributed by atoms with Crippen molar-refractivity contribution in [2.45, 2.75) is 25.8 Å². The van der Waals surface area contributed by atoms with Crippen molar-refractivity contribution < 1.29 is 4.79 Å². The summed E-state index contributed by atoms with van der Waals surface area (Å²) in [4.78, 5) is 13.9. The van der Waals surface area contributed by atoms with Crippen molar-refractivity contribution in [2.75, 3.05) is 6.54 Å². The Kier molecular flexibility index (Phi) is 3.40. The lowest BCUT2D eigenvalue weighted by atomic mass is 10.1. The van der Waals surface area contributed by atoms with Gasteiger partial charge in [-0.2, -0.15) is 0 Å². The van der Waals surface area contributed by atoms with Crippen molar-refractivity contribution >= 4 is 5.91 Å². The van der Waals surface area contributed by atoms with Gasteiger partial charge in [0, 0.05) is 13.0 Å². The van der Waals surface area contributed by atoms with Gasteiger partial charge in [0.2, 0.25) is 5.91 Å². The van der Waals surface area contributed by atoms with Crippen LogP contribution in [0, 0.1) is 0 Å². The van der Waals surface area contributed by atoms with Crippen molar-refractivity contribution in [1.82, 2.24) is 4.90 Å². The molecule has 1 amide bonds. The van der Waals surface area contributed by atoms with Gasteiger partial charge in [-0.3, -0.25) is 4.79 Å². The number of amides is 1. The summed E-state index contributed by atoms with van der Waals surface area (Å²) >= 11 is 0. The van der Waals surface area contributed by atoms with Gasteiger partial charge >= 0.3 is 0 Å². The molecule has 0 saturated heterocycles. The van der Waals surface area contributed by atoms with Gasteiger partial charge in [0.05, 0.1) is 6.04 Å². The summed E-state index contributed by atoms with van der Waals surface area (Å²) in [6.07, 6.45) is 5.57. The topological polar surface area (TPSA) is 20.3 Å². The minimum Gasteiger partial charge on any atom is -0.335 e. The molecule has 1 aromatic rings. The Balaban J connectivity index is 2.15. The quantitative estimate of drug-likeness (QED) is 0.695. The van der Waals surface area contributed by atoms with Crippen molar-refractivity contribution in [1.29, 1.82) is 0 Å². The lowest BCUT2D eigenvalue weighted by molar-refractivity contribution is -0.132. The number of nitrogens with zero attached hydrogens (tertiary/aromatic N) is 1. The Bertz CT molecular complexity index is 383. The molecule has 0 aliphatic carbocycles. The summed E-state index contributed by atoms with van der Waals surface area (Å²) in [7, 11) is 0. The van der Waals surface area contributed by atoms with E-state index in [1.807, 2.05) is 29.2 Å². The molecule has 0 unspecified atom stereocenters. The monoisotopic (exact) mass is 215 g/mol. The second-order valence-corrected chi connectivity index (χ2v) is 4.14. The second-order valence-electron chi connectivity index (χ2n) is 4.14. The van der Waals surface area contributed by atoms with Gasteiger partial charge in [-0.05, 0) is 18.9 Å². The molecule has 16 heavy (non-hydrogen) atoms. The number of carbonyl (C=O) groups excluding carboxylic acids is 1. The number of carbonyl (C=O) groups is 1. The van der Waals surface area contributed by atoms with Crippen LogP contribution < -0.4 is 0 Å². The predicted molar refractivity (Wildman–Crippen MR) is 64.9 cm³/mol. The molecule has 2 nitrogen and oxygen atoms in total. The first-order chi connectivity index (χ1) is 7.79. The van der Waals surface area contributed by atoms with Crippen molar-refractivity contribution in [3.05, 3.63) is 48.0 Å². The van der Waals surface area contributed by atoms with E-state index in [1.165, 1.54) is 5.56 Å². The maximum atomic E-state index is 11.9. The molecule has 1 aliphatic heterocycles. The molecular weight excluding hydrogens is 198 g/mol. The molecule has 2 rings (SSSR count). The van der Waals surface area contributed by atoms with Crippen LogP contribution in [-0.4, -0.2) is 17.4 Å². The maximum Gasteiger partial charge on any atom is 0.226 e. The van der Waals surface area contributed by atoms with Gasteiger partial charge in [-0.1, -0.05) is 42.5 Å². The smallest absolute Gasteiger partial charge is 0.226 e. The Morgan fingerprint density at radius 1 is 1.19 bits per heavy atom. The zero-order chi connectivity index (χ0) is 11.4. The Morgan fingerprint density at radius 2 is 1.94 bits per heavy atom. The number of hydrogen-bond donors (Lipinski definition) is 0. The highest BCUT2D eigenvalue weighted by atomic mass is 16.2. The molecule has 0 bridgehead atoms. The van der Waals surface area contributed by atoms with Crippen molar-refractivity contribution in [3.8, 4) is 0 Å². The highest BCUT2D eigenvalue weighted by molar-refractivity contribution is 5.78. The summed E-state index contributed by atoms with van der Waals surface area (Å²) in [5, 5.41) is 0. The van der Waals surface area contributed by atoms with E-state index in [1.54, 1.807) is 0 Å². The zero-order valence-electron chi connectivity index (χ0n) is 9.60. The second kappa shape index (κ2) is 4.97. The summed E-state index contributed by atoms with van der Waals surface area (Å²) in [6, 6.07) is 10.4. The minimum atomic E-state index is 0.175. The van der Waals surface area contributed by atoms with E-state index in [-0.39, 0.29) is 11.9 Å². The zero-order valence-corrected chi connectivity index (χ0v) is 9.60. The Morgan fingerprint density at radius 3 is 2.69 bits per heavy atom. The SMILES string of the molecule is C[C@H](c1ccccc1)N1CCC=CCC1=O. The maximum absolute atomic E-state index is 11.9. The van der Waals surface area contributed by atoms with E-state index in [9.17, 15) is 4.79 Å². The van der Waals surface area contributed by atoms with E-state index in [0.29, 0.717) is 6.42 Å². The van der Waals surface area contributed by atoms with Crippen molar-refractivity contribution in [3.63, 3.8) is 0 Å². The molecule has 0 fully saturated rings. The summed E-state index contributed by atoms with van der Waals surface area (Å²) in [5.74, 6) is 0.227. The third-order valence-electron chi connectivity index (χ3n) is 3.07. The van der Waals surface area contributed by atoms with Gasteiger partial charge in [0.25, 0.3) is 0 Å². The summed E-state index contributed by atoms with van der Waals surface area (Å²) in [5.41, 5.74) is 1.21. The van der Waals surface area contributed by atoms with Crippen LogP contribution in [0.5, 0.6) is 0 Å². The highest BCUT2D eigenvalue weighted by Gasteiger charge is 2.20. The fourth-order valence-corrected chi connectivity index (χ4v) is 2.08.